The van der Waals surface area contributed by atoms with Crippen LogP contribution in [0.2, 0.25) is 0 Å². The van der Waals surface area contributed by atoms with E-state index in [4.69, 9.17) is 0 Å². The summed E-state index contributed by atoms with van der Waals surface area (Å²) in [6.07, 6.45) is 8.74. The maximum atomic E-state index is 12.6. The average Bonchev–Trinajstić information content (AvgIpc) is 3.10. The molecule has 2 heterocycles. The van der Waals surface area contributed by atoms with Gasteiger partial charge in [-0.2, -0.15) is 0 Å². The van der Waals surface area contributed by atoms with E-state index >= 15 is 0 Å². The molecule has 2 aliphatic carbocycles. The number of aromatic nitrogens is 2. The fourth-order valence-electron chi connectivity index (χ4n) is 6.40. The number of imidazole rings is 1. The molecule has 1 saturated heterocycles. The zero-order valence-corrected chi connectivity index (χ0v) is 16.9. The van der Waals surface area contributed by atoms with Gasteiger partial charge in [-0.05, 0) is 79.7 Å². The Morgan fingerprint density at radius 1 is 0.897 bits per heavy atom. The standard InChI is InChI=1S/C25H29N3O/c29-25-26-21-9-1-2-10-23(21)28(25)19-13-15-27(16-14-19)22-12-11-18-6-3-5-17-7-4-8-20(22)24(17)18/h1-2,4,7-10,18-19,22H,3,5-6,11-16H2,(H,26,29)/t18-,22?/m1/s1. The summed E-state index contributed by atoms with van der Waals surface area (Å²) in [7, 11) is 0. The van der Waals surface area contributed by atoms with Crippen LogP contribution in [0.3, 0.4) is 0 Å². The lowest BCUT2D eigenvalue weighted by atomic mass is 9.71. The van der Waals surface area contributed by atoms with Crippen molar-refractivity contribution in [2.24, 2.45) is 0 Å². The lowest BCUT2D eigenvalue weighted by Gasteiger charge is -2.43. The van der Waals surface area contributed by atoms with E-state index in [0.29, 0.717) is 12.1 Å². The molecule has 150 valence electrons. The van der Waals surface area contributed by atoms with Crippen molar-refractivity contribution in [2.45, 2.75) is 62.9 Å². The van der Waals surface area contributed by atoms with Crippen LogP contribution in [0.15, 0.2) is 47.3 Å². The number of para-hydroxylation sites is 2. The normalized spacial score (nSPS) is 25.2. The van der Waals surface area contributed by atoms with Gasteiger partial charge in [0.25, 0.3) is 0 Å². The number of piperidine rings is 1. The Morgan fingerprint density at radius 2 is 1.76 bits per heavy atom. The van der Waals surface area contributed by atoms with E-state index < -0.39 is 0 Å². The second-order valence-electron chi connectivity index (χ2n) is 9.19. The van der Waals surface area contributed by atoms with Crippen LogP contribution >= 0.6 is 0 Å². The van der Waals surface area contributed by atoms with E-state index in [9.17, 15) is 4.79 Å². The molecular formula is C25H29N3O. The number of rotatable bonds is 2. The predicted molar refractivity (Wildman–Crippen MR) is 116 cm³/mol. The lowest BCUT2D eigenvalue weighted by Crippen LogP contribution is -2.40. The first-order chi connectivity index (χ1) is 14.3. The Hall–Kier alpha value is -2.33. The fraction of sp³-hybridized carbons (Fsp3) is 0.480. The Morgan fingerprint density at radius 3 is 2.66 bits per heavy atom. The van der Waals surface area contributed by atoms with Gasteiger partial charge < -0.3 is 4.98 Å². The molecule has 0 saturated carbocycles. The van der Waals surface area contributed by atoms with Gasteiger partial charge in [-0.15, -0.1) is 0 Å². The van der Waals surface area contributed by atoms with Crippen LogP contribution in [0.5, 0.6) is 0 Å². The Balaban J connectivity index is 1.25. The Labute approximate surface area is 171 Å². The maximum absolute atomic E-state index is 12.6. The molecule has 6 rings (SSSR count). The topological polar surface area (TPSA) is 41.0 Å². The predicted octanol–water partition coefficient (Wildman–Crippen LogP) is 4.92. The molecule has 3 aliphatic rings. The molecule has 1 unspecified atom stereocenters. The quantitative estimate of drug-likeness (QED) is 0.678. The first-order valence-corrected chi connectivity index (χ1v) is 11.3. The number of benzene rings is 2. The molecule has 4 heteroatoms. The summed E-state index contributed by atoms with van der Waals surface area (Å²) in [5, 5.41) is 0. The van der Waals surface area contributed by atoms with Crippen molar-refractivity contribution in [3.8, 4) is 0 Å². The van der Waals surface area contributed by atoms with E-state index in [0.717, 1.165) is 42.9 Å². The molecule has 1 aromatic heterocycles. The van der Waals surface area contributed by atoms with Gasteiger partial charge in [-0.3, -0.25) is 9.47 Å². The molecule has 29 heavy (non-hydrogen) atoms. The molecule has 1 aliphatic heterocycles. The van der Waals surface area contributed by atoms with Crippen molar-refractivity contribution < 1.29 is 0 Å². The summed E-state index contributed by atoms with van der Waals surface area (Å²) in [5.74, 6) is 0.800. The molecular weight excluding hydrogens is 358 g/mol. The third kappa shape index (κ3) is 2.80. The number of H-pyrrole nitrogens is 1. The van der Waals surface area contributed by atoms with Crippen LogP contribution in [0.25, 0.3) is 11.0 Å². The first kappa shape index (κ1) is 17.5. The van der Waals surface area contributed by atoms with Gasteiger partial charge in [0.1, 0.15) is 0 Å². The molecule has 2 atom stereocenters. The number of likely N-dealkylation sites (tertiary alicyclic amines) is 1. The highest BCUT2D eigenvalue weighted by Gasteiger charge is 2.35. The Bertz CT molecular complexity index is 1100. The summed E-state index contributed by atoms with van der Waals surface area (Å²) in [6, 6.07) is 16.0. The zero-order valence-electron chi connectivity index (χ0n) is 16.9. The summed E-state index contributed by atoms with van der Waals surface area (Å²) in [5.41, 5.74) is 6.97. The maximum Gasteiger partial charge on any atom is 0.326 e. The lowest BCUT2D eigenvalue weighted by molar-refractivity contribution is 0.119. The average molecular weight is 388 g/mol. The largest absolute Gasteiger partial charge is 0.326 e. The fourth-order valence-corrected chi connectivity index (χ4v) is 6.40. The highest BCUT2D eigenvalue weighted by Crippen LogP contribution is 2.47. The van der Waals surface area contributed by atoms with Crippen molar-refractivity contribution in [3.05, 3.63) is 69.6 Å². The minimum Gasteiger partial charge on any atom is -0.306 e. The highest BCUT2D eigenvalue weighted by atomic mass is 16.1. The van der Waals surface area contributed by atoms with Gasteiger partial charge in [0.05, 0.1) is 11.0 Å². The number of aryl methyl sites for hydroxylation is 1. The summed E-state index contributed by atoms with van der Waals surface area (Å²) in [6.45, 7) is 2.16. The monoisotopic (exact) mass is 387 g/mol. The van der Waals surface area contributed by atoms with Crippen molar-refractivity contribution in [3.63, 3.8) is 0 Å². The molecule has 0 amide bonds. The van der Waals surface area contributed by atoms with Gasteiger partial charge in [0.15, 0.2) is 0 Å². The van der Waals surface area contributed by atoms with Crippen LogP contribution in [0.4, 0.5) is 0 Å². The van der Waals surface area contributed by atoms with Gasteiger partial charge in [0, 0.05) is 25.2 Å². The van der Waals surface area contributed by atoms with Crippen LogP contribution in [-0.2, 0) is 6.42 Å². The third-order valence-electron chi connectivity index (χ3n) is 7.71. The first-order valence-electron chi connectivity index (χ1n) is 11.3. The summed E-state index contributed by atoms with van der Waals surface area (Å²) in [4.78, 5) is 18.3. The second-order valence-corrected chi connectivity index (χ2v) is 9.19. The van der Waals surface area contributed by atoms with Crippen molar-refractivity contribution in [1.82, 2.24) is 14.5 Å². The smallest absolute Gasteiger partial charge is 0.306 e. The minimum absolute atomic E-state index is 0.0438. The van der Waals surface area contributed by atoms with E-state index in [1.165, 1.54) is 32.1 Å². The number of fused-ring (bicyclic) bond motifs is 1. The Kier molecular flexibility index (Phi) is 4.15. The van der Waals surface area contributed by atoms with Gasteiger partial charge >= 0.3 is 5.69 Å². The van der Waals surface area contributed by atoms with E-state index in [2.05, 4.69) is 34.1 Å². The number of hydrogen-bond acceptors (Lipinski definition) is 2. The van der Waals surface area contributed by atoms with Gasteiger partial charge in [-0.25, -0.2) is 4.79 Å². The SMILES string of the molecule is O=c1[nH]c2ccccc2n1C1CCN(C2CC[C@H]3CCCc4cccc2c43)CC1. The van der Waals surface area contributed by atoms with Gasteiger partial charge in [0.2, 0.25) is 0 Å². The van der Waals surface area contributed by atoms with Crippen molar-refractivity contribution in [2.75, 3.05) is 13.1 Å². The van der Waals surface area contributed by atoms with Crippen LogP contribution in [0.1, 0.15) is 73.2 Å². The molecule has 0 bridgehead atoms. The van der Waals surface area contributed by atoms with Crippen molar-refractivity contribution in [1.29, 1.82) is 0 Å². The molecule has 0 spiro atoms. The van der Waals surface area contributed by atoms with E-state index in [1.807, 2.05) is 22.8 Å². The van der Waals surface area contributed by atoms with Crippen LogP contribution in [0, 0.1) is 0 Å². The van der Waals surface area contributed by atoms with E-state index in [1.54, 1.807) is 16.7 Å². The number of hydrogen-bond donors (Lipinski definition) is 1. The number of nitrogens with one attached hydrogen (secondary N) is 1. The molecule has 0 radical (unpaired) electrons. The molecule has 4 nitrogen and oxygen atoms in total. The van der Waals surface area contributed by atoms with Crippen molar-refractivity contribution >= 4 is 11.0 Å². The molecule has 1 N–H and O–H groups in total. The van der Waals surface area contributed by atoms with Crippen LogP contribution in [-0.4, -0.2) is 27.5 Å². The summed E-state index contributed by atoms with van der Waals surface area (Å²) >= 11 is 0. The van der Waals surface area contributed by atoms with E-state index in [-0.39, 0.29) is 5.69 Å². The molecule has 3 aromatic rings. The second kappa shape index (κ2) is 6.88. The molecule has 1 fully saturated rings. The van der Waals surface area contributed by atoms with Gasteiger partial charge in [-0.1, -0.05) is 30.3 Å². The highest BCUT2D eigenvalue weighted by molar-refractivity contribution is 5.75. The third-order valence-corrected chi connectivity index (χ3v) is 7.71. The molecule has 2 aromatic carbocycles. The number of aromatic amines is 1. The summed E-state index contributed by atoms with van der Waals surface area (Å²) < 4.78 is 2.01. The minimum atomic E-state index is 0.0438. The zero-order chi connectivity index (χ0) is 19.4. The van der Waals surface area contributed by atoms with Crippen LogP contribution < -0.4 is 5.69 Å². The number of nitrogens with zero attached hydrogens (tertiary/aromatic N) is 2.